The van der Waals surface area contributed by atoms with Crippen molar-refractivity contribution in [3.8, 4) is 5.75 Å². The Bertz CT molecular complexity index is 709. The predicted molar refractivity (Wildman–Crippen MR) is 110 cm³/mol. The summed E-state index contributed by atoms with van der Waals surface area (Å²) in [6, 6.07) is 0. The van der Waals surface area contributed by atoms with E-state index in [2.05, 4.69) is 6.92 Å². The summed E-state index contributed by atoms with van der Waals surface area (Å²) >= 11 is 5.39. The minimum absolute atomic E-state index is 0.000621. The molecular formula is C20H34N2O4S. The van der Waals surface area contributed by atoms with Gasteiger partial charge in [0.05, 0.1) is 24.8 Å². The largest absolute Gasteiger partial charge is 0.484 e. The van der Waals surface area contributed by atoms with Crippen molar-refractivity contribution in [2.75, 3.05) is 6.61 Å². The van der Waals surface area contributed by atoms with Crippen molar-refractivity contribution in [2.24, 2.45) is 13.0 Å². The third-order valence-electron chi connectivity index (χ3n) is 4.35. The lowest BCUT2D eigenvalue weighted by Crippen LogP contribution is -2.26. The normalized spacial score (nSPS) is 12.2. The Morgan fingerprint density at radius 1 is 1.19 bits per heavy atom. The van der Waals surface area contributed by atoms with E-state index in [0.717, 1.165) is 45.1 Å². The summed E-state index contributed by atoms with van der Waals surface area (Å²) in [7, 11) is 1.68. The summed E-state index contributed by atoms with van der Waals surface area (Å²) in [4.78, 5) is 23.7. The molecule has 0 bridgehead atoms. The number of nitrogens with zero attached hydrogens (tertiary/aromatic N) is 2. The summed E-state index contributed by atoms with van der Waals surface area (Å²) in [6.07, 6.45) is 7.44. The van der Waals surface area contributed by atoms with Crippen molar-refractivity contribution < 1.29 is 14.3 Å². The number of carbonyl (C=O) groups excluding carboxylic acids is 1. The van der Waals surface area contributed by atoms with E-state index in [4.69, 9.17) is 21.7 Å². The number of hydrogen-bond donors (Lipinski definition) is 0. The molecule has 0 saturated carbocycles. The summed E-state index contributed by atoms with van der Waals surface area (Å²) in [5.41, 5.74) is -0.189. The van der Waals surface area contributed by atoms with Crippen LogP contribution in [0.5, 0.6) is 5.75 Å². The van der Waals surface area contributed by atoms with Crippen LogP contribution in [0.4, 0.5) is 0 Å². The van der Waals surface area contributed by atoms with Gasteiger partial charge in [-0.2, -0.15) is 0 Å². The van der Waals surface area contributed by atoms with Gasteiger partial charge in [-0.25, -0.2) is 0 Å². The van der Waals surface area contributed by atoms with Crippen molar-refractivity contribution >= 4 is 18.2 Å². The molecule has 0 aliphatic carbocycles. The topological polar surface area (TPSA) is 62.5 Å². The van der Waals surface area contributed by atoms with Gasteiger partial charge in [-0.3, -0.25) is 14.2 Å². The molecule has 7 heteroatoms. The first-order valence-electron chi connectivity index (χ1n) is 9.91. The van der Waals surface area contributed by atoms with E-state index in [-0.39, 0.29) is 23.6 Å². The van der Waals surface area contributed by atoms with Crippen molar-refractivity contribution in [1.82, 2.24) is 9.13 Å². The van der Waals surface area contributed by atoms with E-state index < -0.39 is 0 Å². The highest BCUT2D eigenvalue weighted by Gasteiger charge is 2.11. The lowest BCUT2D eigenvalue weighted by molar-refractivity contribution is -0.147. The molecule has 1 unspecified atom stereocenters. The Morgan fingerprint density at radius 2 is 1.85 bits per heavy atom. The molecule has 154 valence electrons. The third-order valence-corrected chi connectivity index (χ3v) is 4.86. The molecule has 1 atom stereocenters. The first kappa shape index (κ1) is 23.4. The fourth-order valence-corrected chi connectivity index (χ4v) is 2.92. The lowest BCUT2D eigenvalue weighted by Gasteiger charge is -2.16. The van der Waals surface area contributed by atoms with E-state index in [1.165, 1.54) is 4.57 Å². The maximum absolute atomic E-state index is 12.3. The highest BCUT2D eigenvalue weighted by atomic mass is 32.1. The minimum atomic E-state index is -0.189. The van der Waals surface area contributed by atoms with Gasteiger partial charge in [0.1, 0.15) is 0 Å². The molecule has 0 radical (unpaired) electrons. The van der Waals surface area contributed by atoms with Gasteiger partial charge < -0.3 is 14.0 Å². The molecule has 0 saturated heterocycles. The van der Waals surface area contributed by atoms with Crippen molar-refractivity contribution in [3.05, 3.63) is 21.3 Å². The van der Waals surface area contributed by atoms with Gasteiger partial charge in [0, 0.05) is 13.6 Å². The fourth-order valence-electron chi connectivity index (χ4n) is 2.70. The Kier molecular flexibility index (Phi) is 10.4. The molecule has 0 amide bonds. The van der Waals surface area contributed by atoms with E-state index in [9.17, 15) is 9.59 Å². The molecule has 0 aromatic carbocycles. The molecule has 0 aliphatic heterocycles. The monoisotopic (exact) mass is 398 g/mol. The smallest absolute Gasteiger partial charge is 0.308 e. The first-order chi connectivity index (χ1) is 12.8. The molecule has 0 fully saturated rings. The van der Waals surface area contributed by atoms with E-state index >= 15 is 0 Å². The quantitative estimate of drug-likeness (QED) is 0.299. The molecule has 0 aliphatic rings. The van der Waals surface area contributed by atoms with E-state index in [1.54, 1.807) is 13.2 Å². The average molecular weight is 399 g/mol. The number of unbranched alkanes of at least 4 members (excludes halogenated alkanes) is 3. The van der Waals surface area contributed by atoms with Crippen molar-refractivity contribution in [1.29, 1.82) is 0 Å². The summed E-state index contributed by atoms with van der Waals surface area (Å²) < 4.78 is 14.9. The fraction of sp³-hybridized carbons (Fsp3) is 0.750. The molecule has 6 nitrogen and oxygen atoms in total. The van der Waals surface area contributed by atoms with Crippen LogP contribution in [0.3, 0.4) is 0 Å². The Morgan fingerprint density at radius 3 is 2.48 bits per heavy atom. The Hall–Kier alpha value is -1.63. The second-order valence-electron chi connectivity index (χ2n) is 7.29. The second kappa shape index (κ2) is 12.0. The zero-order valence-electron chi connectivity index (χ0n) is 17.3. The van der Waals surface area contributed by atoms with E-state index in [1.807, 2.05) is 25.3 Å². The molecule has 0 spiro atoms. The van der Waals surface area contributed by atoms with Crippen LogP contribution < -0.4 is 10.3 Å². The third kappa shape index (κ3) is 7.87. The second-order valence-corrected chi connectivity index (χ2v) is 7.65. The van der Waals surface area contributed by atoms with Crippen molar-refractivity contribution in [3.63, 3.8) is 0 Å². The van der Waals surface area contributed by atoms with Gasteiger partial charge in [-0.1, -0.05) is 33.6 Å². The molecule has 1 rings (SSSR count). The number of esters is 1. The van der Waals surface area contributed by atoms with Gasteiger partial charge in [-0.05, 0) is 44.8 Å². The Labute approximate surface area is 167 Å². The zero-order valence-corrected chi connectivity index (χ0v) is 18.1. The van der Waals surface area contributed by atoms with Crippen molar-refractivity contribution in [2.45, 2.75) is 78.9 Å². The van der Waals surface area contributed by atoms with Crippen LogP contribution in [0.15, 0.2) is 11.0 Å². The highest BCUT2D eigenvalue weighted by molar-refractivity contribution is 7.71. The number of rotatable bonds is 12. The SMILES string of the molecule is CCCC(C)Oc1cn(CCCCCCOC(=O)C(C)C)c(=S)n(C)c1=O. The van der Waals surface area contributed by atoms with Crippen LogP contribution in [-0.4, -0.2) is 27.8 Å². The minimum Gasteiger partial charge on any atom is -0.484 e. The Balaban J connectivity index is 2.53. The molecular weight excluding hydrogens is 364 g/mol. The standard InChI is InChI=1S/C20H34N2O4S/c1-6-11-16(4)26-17-14-22(20(27)21(5)18(17)23)12-9-7-8-10-13-25-19(24)15(2)3/h14-16H,6-13H2,1-5H3. The van der Waals surface area contributed by atoms with Crippen LogP contribution in [0.2, 0.25) is 0 Å². The number of hydrogen-bond acceptors (Lipinski definition) is 5. The summed E-state index contributed by atoms with van der Waals surface area (Å²) in [5, 5.41) is 0. The van der Waals surface area contributed by atoms with Crippen LogP contribution in [0, 0.1) is 10.7 Å². The number of carbonyl (C=O) groups is 1. The molecule has 27 heavy (non-hydrogen) atoms. The molecule has 1 aromatic heterocycles. The van der Waals surface area contributed by atoms with Crippen LogP contribution in [-0.2, 0) is 23.1 Å². The maximum atomic E-state index is 12.3. The predicted octanol–water partition coefficient (Wildman–Crippen LogP) is 4.24. The number of aryl methyl sites for hydroxylation is 1. The maximum Gasteiger partial charge on any atom is 0.308 e. The highest BCUT2D eigenvalue weighted by Crippen LogP contribution is 2.11. The van der Waals surface area contributed by atoms with Gasteiger partial charge in [0.25, 0.3) is 5.56 Å². The number of ether oxygens (including phenoxy) is 2. The summed E-state index contributed by atoms with van der Waals surface area (Å²) in [5.74, 6) is 0.136. The zero-order chi connectivity index (χ0) is 20.4. The lowest BCUT2D eigenvalue weighted by atomic mass is 10.2. The van der Waals surface area contributed by atoms with Crippen LogP contribution >= 0.6 is 12.2 Å². The van der Waals surface area contributed by atoms with Crippen LogP contribution in [0.25, 0.3) is 0 Å². The average Bonchev–Trinajstić information content (AvgIpc) is 2.62. The van der Waals surface area contributed by atoms with Gasteiger partial charge >= 0.3 is 5.97 Å². The van der Waals surface area contributed by atoms with E-state index in [0.29, 0.717) is 17.1 Å². The first-order valence-corrected chi connectivity index (χ1v) is 10.3. The molecule has 1 heterocycles. The van der Waals surface area contributed by atoms with Crippen LogP contribution in [0.1, 0.15) is 66.2 Å². The number of aromatic nitrogens is 2. The summed E-state index contributed by atoms with van der Waals surface area (Å²) in [6.45, 7) is 8.94. The molecule has 1 aromatic rings. The van der Waals surface area contributed by atoms with Gasteiger partial charge in [-0.15, -0.1) is 0 Å². The van der Waals surface area contributed by atoms with Gasteiger partial charge in [0.2, 0.25) is 5.75 Å². The molecule has 0 N–H and O–H groups in total. The van der Waals surface area contributed by atoms with Gasteiger partial charge in [0.15, 0.2) is 4.77 Å².